The Morgan fingerprint density at radius 1 is 1.27 bits per heavy atom. The van der Waals surface area contributed by atoms with Gasteiger partial charge in [-0.1, -0.05) is 18.2 Å². The lowest BCUT2D eigenvalue weighted by Crippen LogP contribution is -2.16. The first-order valence-corrected chi connectivity index (χ1v) is 4.24. The van der Waals surface area contributed by atoms with Crippen molar-refractivity contribution in [3.8, 4) is 5.75 Å². The molecule has 0 aliphatic carbocycles. The summed E-state index contributed by atoms with van der Waals surface area (Å²) in [6.07, 6.45) is -1.85. The number of para-hydroxylation sites is 1. The molecule has 15 heavy (non-hydrogen) atoms. The molecule has 0 fully saturated rings. The van der Waals surface area contributed by atoms with Crippen molar-refractivity contribution >= 4 is 11.8 Å². The number of aliphatic hydroxyl groups is 1. The lowest BCUT2D eigenvalue weighted by atomic mass is 10.0. The summed E-state index contributed by atoms with van der Waals surface area (Å²) in [4.78, 5) is 21.0. The Morgan fingerprint density at radius 3 is 2.40 bits per heavy atom. The van der Waals surface area contributed by atoms with Gasteiger partial charge in [-0.3, -0.25) is 4.79 Å². The normalized spacial score (nSPS) is 12.1. The van der Waals surface area contributed by atoms with Crippen LogP contribution in [0.2, 0.25) is 0 Å². The summed E-state index contributed by atoms with van der Waals surface area (Å²) in [6, 6.07) is 5.91. The molecule has 80 valence electrons. The second-order valence-electron chi connectivity index (χ2n) is 3.01. The Balaban J connectivity index is 2.78. The fourth-order valence-corrected chi connectivity index (χ4v) is 1.14. The molecule has 0 aliphatic rings. The Kier molecular flexibility index (Phi) is 3.41. The topological polar surface area (TPSA) is 94.8 Å². The highest BCUT2D eigenvalue weighted by molar-refractivity contribution is 6.32. The van der Waals surface area contributed by atoms with Gasteiger partial charge in [0.25, 0.3) is 0 Å². The number of hydrogen-bond acceptors (Lipinski definition) is 4. The number of aliphatic hydroxyl groups excluding tert-OH is 1. The zero-order chi connectivity index (χ0) is 11.4. The number of phenolic OH excluding ortho intramolecular Hbond substituents is 1. The van der Waals surface area contributed by atoms with Gasteiger partial charge in [-0.2, -0.15) is 0 Å². The van der Waals surface area contributed by atoms with E-state index in [4.69, 9.17) is 5.11 Å². The first kappa shape index (κ1) is 11.2. The van der Waals surface area contributed by atoms with Crippen LogP contribution in [0, 0.1) is 0 Å². The van der Waals surface area contributed by atoms with E-state index in [2.05, 4.69) is 0 Å². The number of benzene rings is 1. The van der Waals surface area contributed by atoms with E-state index in [1.54, 1.807) is 12.1 Å². The highest BCUT2D eigenvalue weighted by atomic mass is 16.4. The Hall–Kier alpha value is -1.88. The number of carboxylic acid groups (broad SMARTS) is 1. The number of carbonyl (C=O) groups is 2. The quantitative estimate of drug-likeness (QED) is 0.628. The van der Waals surface area contributed by atoms with Gasteiger partial charge in [0.05, 0.1) is 6.10 Å². The van der Waals surface area contributed by atoms with Crippen molar-refractivity contribution in [3.05, 3.63) is 29.8 Å². The molecule has 0 radical (unpaired) electrons. The summed E-state index contributed by atoms with van der Waals surface area (Å²) in [6.45, 7) is 0. The van der Waals surface area contributed by atoms with Crippen LogP contribution in [0.3, 0.4) is 0 Å². The average molecular weight is 210 g/mol. The lowest BCUT2D eigenvalue weighted by molar-refractivity contribution is -0.150. The fourth-order valence-electron chi connectivity index (χ4n) is 1.14. The molecular formula is C10H10O5. The van der Waals surface area contributed by atoms with Crippen LogP contribution in [0.4, 0.5) is 0 Å². The molecule has 1 atom stereocenters. The number of phenols is 1. The number of aromatic hydroxyl groups is 1. The van der Waals surface area contributed by atoms with Gasteiger partial charge in [0.2, 0.25) is 5.78 Å². The van der Waals surface area contributed by atoms with Crippen molar-refractivity contribution in [2.75, 3.05) is 0 Å². The van der Waals surface area contributed by atoms with Crippen LogP contribution in [0.15, 0.2) is 24.3 Å². The van der Waals surface area contributed by atoms with Crippen LogP contribution in [0.25, 0.3) is 0 Å². The summed E-state index contributed by atoms with van der Waals surface area (Å²) in [5.41, 5.74) is 0.145. The number of carbonyl (C=O) groups excluding carboxylic acids is 1. The summed E-state index contributed by atoms with van der Waals surface area (Å²) >= 11 is 0. The molecule has 0 saturated carbocycles. The minimum absolute atomic E-state index is 0.145. The molecule has 1 aromatic carbocycles. The fraction of sp³-hybridized carbons (Fsp3) is 0.200. The molecule has 0 aromatic heterocycles. The van der Waals surface area contributed by atoms with Crippen molar-refractivity contribution < 1.29 is 24.9 Å². The van der Waals surface area contributed by atoms with Gasteiger partial charge in [0.15, 0.2) is 0 Å². The smallest absolute Gasteiger partial charge is 0.372 e. The van der Waals surface area contributed by atoms with E-state index in [1.165, 1.54) is 12.1 Å². The van der Waals surface area contributed by atoms with Crippen molar-refractivity contribution in [1.82, 2.24) is 0 Å². The van der Waals surface area contributed by atoms with Crippen LogP contribution in [-0.2, 0) is 9.59 Å². The van der Waals surface area contributed by atoms with Crippen LogP contribution in [0.1, 0.15) is 18.1 Å². The van der Waals surface area contributed by atoms with E-state index in [-0.39, 0.29) is 11.3 Å². The highest BCUT2D eigenvalue weighted by Gasteiger charge is 2.20. The maximum absolute atomic E-state index is 10.8. The number of Topliss-reactive ketones (excluding diaryl/α,β-unsaturated/α-hetero) is 1. The Bertz CT molecular complexity index is 385. The van der Waals surface area contributed by atoms with Crippen molar-refractivity contribution in [3.63, 3.8) is 0 Å². The Labute approximate surface area is 85.6 Å². The largest absolute Gasteiger partial charge is 0.508 e. The zero-order valence-electron chi connectivity index (χ0n) is 7.75. The van der Waals surface area contributed by atoms with Crippen molar-refractivity contribution in [2.24, 2.45) is 0 Å². The molecule has 0 amide bonds. The molecule has 0 saturated heterocycles. The average Bonchev–Trinajstić information content (AvgIpc) is 2.18. The van der Waals surface area contributed by atoms with Gasteiger partial charge in [-0.25, -0.2) is 4.79 Å². The monoisotopic (exact) mass is 210 g/mol. The minimum atomic E-state index is -1.59. The van der Waals surface area contributed by atoms with E-state index in [9.17, 15) is 19.8 Å². The van der Waals surface area contributed by atoms with E-state index < -0.39 is 24.3 Å². The molecule has 0 bridgehead atoms. The molecular weight excluding hydrogens is 200 g/mol. The molecule has 0 aliphatic heterocycles. The van der Waals surface area contributed by atoms with E-state index >= 15 is 0 Å². The predicted octanol–water partition coefficient (Wildman–Crippen LogP) is 0.469. The van der Waals surface area contributed by atoms with Crippen LogP contribution in [-0.4, -0.2) is 27.1 Å². The summed E-state index contributed by atoms with van der Waals surface area (Å²) in [5.74, 6) is -2.85. The zero-order valence-corrected chi connectivity index (χ0v) is 7.75. The first-order valence-electron chi connectivity index (χ1n) is 4.24. The van der Waals surface area contributed by atoms with E-state index in [0.29, 0.717) is 0 Å². The molecule has 0 spiro atoms. The number of carboxylic acids is 1. The predicted molar refractivity (Wildman–Crippen MR) is 50.3 cm³/mol. The standard InChI is InChI=1S/C10H10O5/c11-7-4-2-1-3-6(7)8(12)5-9(13)10(14)15/h1-4,8,11-12H,5H2,(H,14,15). The van der Waals surface area contributed by atoms with Gasteiger partial charge in [-0.05, 0) is 6.07 Å². The lowest BCUT2D eigenvalue weighted by Gasteiger charge is -2.10. The van der Waals surface area contributed by atoms with Crippen molar-refractivity contribution in [2.45, 2.75) is 12.5 Å². The van der Waals surface area contributed by atoms with Crippen LogP contribution >= 0.6 is 0 Å². The maximum atomic E-state index is 10.8. The summed E-state index contributed by atoms with van der Waals surface area (Å²) in [7, 11) is 0. The molecule has 1 unspecified atom stereocenters. The number of ketones is 1. The summed E-state index contributed by atoms with van der Waals surface area (Å²) in [5, 5.41) is 27.1. The molecule has 0 heterocycles. The van der Waals surface area contributed by atoms with E-state index in [0.717, 1.165) is 0 Å². The SMILES string of the molecule is O=C(O)C(=O)CC(O)c1ccccc1O. The van der Waals surface area contributed by atoms with Gasteiger partial charge in [-0.15, -0.1) is 0 Å². The number of hydrogen-bond donors (Lipinski definition) is 3. The van der Waals surface area contributed by atoms with Crippen molar-refractivity contribution in [1.29, 1.82) is 0 Å². The van der Waals surface area contributed by atoms with Gasteiger partial charge in [0.1, 0.15) is 5.75 Å². The van der Waals surface area contributed by atoms with Gasteiger partial charge in [0, 0.05) is 12.0 Å². The number of aliphatic carboxylic acids is 1. The molecule has 5 nitrogen and oxygen atoms in total. The van der Waals surface area contributed by atoms with Crippen LogP contribution in [0.5, 0.6) is 5.75 Å². The molecule has 3 N–H and O–H groups in total. The minimum Gasteiger partial charge on any atom is -0.508 e. The summed E-state index contributed by atoms with van der Waals surface area (Å²) < 4.78 is 0. The van der Waals surface area contributed by atoms with Crippen LogP contribution < -0.4 is 0 Å². The second kappa shape index (κ2) is 4.56. The molecule has 1 aromatic rings. The maximum Gasteiger partial charge on any atom is 0.372 e. The molecule has 5 heteroatoms. The van der Waals surface area contributed by atoms with Gasteiger partial charge >= 0.3 is 5.97 Å². The number of rotatable bonds is 4. The first-order chi connectivity index (χ1) is 7.02. The second-order valence-corrected chi connectivity index (χ2v) is 3.01. The Morgan fingerprint density at radius 2 is 1.87 bits per heavy atom. The van der Waals surface area contributed by atoms with E-state index in [1.807, 2.05) is 0 Å². The highest BCUT2D eigenvalue weighted by Crippen LogP contribution is 2.25. The third-order valence-corrected chi connectivity index (χ3v) is 1.91. The third-order valence-electron chi connectivity index (χ3n) is 1.91. The third kappa shape index (κ3) is 2.78. The van der Waals surface area contributed by atoms with Gasteiger partial charge < -0.3 is 15.3 Å². The molecule has 1 rings (SSSR count).